The molecule has 0 spiro atoms. The number of fused-ring (bicyclic) bond motifs is 3. The number of aromatic nitrogens is 2. The van der Waals surface area contributed by atoms with Crippen LogP contribution in [0.1, 0.15) is 37.8 Å². The van der Waals surface area contributed by atoms with E-state index in [1.54, 1.807) is 17.5 Å². The first-order valence-electron chi connectivity index (χ1n) is 14.2. The van der Waals surface area contributed by atoms with Crippen molar-refractivity contribution in [1.82, 2.24) is 9.97 Å². The SMILES string of the molecule is Cc1cc(-c2[c-]cccc2)nc[c]1[Ge]([CH3])([CH3])[CH3].[2H]C(C)(C)c1ccnc(-c2[c-]c(C)cc3c2sc2ccccc23)c1.[Ir]. The van der Waals surface area contributed by atoms with Crippen molar-refractivity contribution < 1.29 is 21.5 Å². The fourth-order valence-electron chi connectivity index (χ4n) is 5.00. The van der Waals surface area contributed by atoms with Crippen molar-refractivity contribution in [2.24, 2.45) is 0 Å². The minimum absolute atomic E-state index is 0. The molecule has 0 saturated carbocycles. The van der Waals surface area contributed by atoms with Crippen LogP contribution in [0.3, 0.4) is 0 Å². The van der Waals surface area contributed by atoms with E-state index < -0.39 is 19.2 Å². The molecule has 3 aromatic carbocycles. The largest absolute Gasteiger partial charge is 0.305 e. The zero-order chi connectivity index (χ0) is 29.4. The standard InChI is InChI=1S/C21H18NS.C15H18GeN.Ir/c1-13(2)15-8-9-22-19(12-15)18-11-14(3)10-17-16-6-4-5-7-20(16)23-21(17)18;1-12-10-15(13-8-6-5-7-9-13)17-11-14(12)16(2,3)4;/h4-10,12-13H,1-3H3;5-8,10-11H,1-4H3;/q2*-1;/i13D;;. The molecule has 0 aliphatic rings. The van der Waals surface area contributed by atoms with Crippen molar-refractivity contribution in [1.29, 1.82) is 0 Å². The first-order chi connectivity index (χ1) is 19.4. The Labute approximate surface area is 266 Å². The summed E-state index contributed by atoms with van der Waals surface area (Å²) in [6.07, 6.45) is 3.88. The van der Waals surface area contributed by atoms with E-state index in [0.717, 1.165) is 33.6 Å². The molecule has 6 rings (SSSR count). The zero-order valence-corrected chi connectivity index (χ0v) is 30.0. The molecule has 0 unspecified atom stereocenters. The van der Waals surface area contributed by atoms with E-state index in [-0.39, 0.29) is 20.1 Å². The van der Waals surface area contributed by atoms with Gasteiger partial charge in [-0.1, -0.05) is 56.0 Å². The van der Waals surface area contributed by atoms with E-state index in [1.807, 2.05) is 44.2 Å². The van der Waals surface area contributed by atoms with E-state index in [9.17, 15) is 0 Å². The van der Waals surface area contributed by atoms with Gasteiger partial charge in [-0.15, -0.1) is 23.3 Å². The molecule has 3 heterocycles. The molecule has 0 N–H and O–H groups in total. The Bertz CT molecular complexity index is 1840. The van der Waals surface area contributed by atoms with Gasteiger partial charge in [0, 0.05) is 32.4 Å². The number of hydrogen-bond acceptors (Lipinski definition) is 3. The third-order valence-electron chi connectivity index (χ3n) is 7.04. The van der Waals surface area contributed by atoms with Crippen LogP contribution in [0.25, 0.3) is 42.7 Å². The summed E-state index contributed by atoms with van der Waals surface area (Å²) >= 11 is 0.0144. The molecule has 1 radical (unpaired) electrons. The van der Waals surface area contributed by atoms with Crippen LogP contribution in [-0.2, 0) is 20.1 Å². The Morgan fingerprint density at radius 2 is 1.63 bits per heavy atom. The fourth-order valence-corrected chi connectivity index (χ4v) is 9.77. The first kappa shape index (κ1) is 29.9. The Morgan fingerprint density at radius 3 is 2.32 bits per heavy atom. The third kappa shape index (κ3) is 7.06. The van der Waals surface area contributed by atoms with Crippen molar-refractivity contribution >= 4 is 49.2 Å². The molecule has 211 valence electrons. The number of pyridine rings is 2. The Morgan fingerprint density at radius 1 is 0.878 bits per heavy atom. The molecule has 2 nitrogen and oxygen atoms in total. The van der Waals surface area contributed by atoms with Crippen LogP contribution in [-0.4, -0.2) is 23.2 Å². The molecule has 0 fully saturated rings. The number of hydrogen-bond donors (Lipinski definition) is 0. The number of rotatable bonds is 4. The molecule has 0 saturated heterocycles. The van der Waals surface area contributed by atoms with Crippen molar-refractivity contribution in [2.45, 2.75) is 50.9 Å². The van der Waals surface area contributed by atoms with Crippen LogP contribution < -0.4 is 4.40 Å². The van der Waals surface area contributed by atoms with E-state index in [2.05, 4.69) is 102 Å². The summed E-state index contributed by atoms with van der Waals surface area (Å²) in [5.41, 5.74) is 7.49. The predicted octanol–water partition coefficient (Wildman–Crippen LogP) is 9.75. The second-order valence-corrected chi connectivity index (χ2v) is 23.1. The topological polar surface area (TPSA) is 25.8 Å². The maximum absolute atomic E-state index is 8.29. The summed E-state index contributed by atoms with van der Waals surface area (Å²) in [5.74, 6) is 6.57. The average molecular weight is 795 g/mol. The van der Waals surface area contributed by atoms with Gasteiger partial charge in [0.2, 0.25) is 0 Å². The zero-order valence-electron chi connectivity index (χ0n) is 25.7. The maximum Gasteiger partial charge on any atom is 0.0346 e. The number of nitrogens with zero attached hydrogens (tertiary/aromatic N) is 2. The van der Waals surface area contributed by atoms with Crippen LogP contribution >= 0.6 is 11.3 Å². The second-order valence-electron chi connectivity index (χ2n) is 11.5. The first-order valence-corrected chi connectivity index (χ1v) is 21.8. The second kappa shape index (κ2) is 13.1. The number of thiophene rings is 1. The predicted molar refractivity (Wildman–Crippen MR) is 176 cm³/mol. The average Bonchev–Trinajstić information content (AvgIpc) is 3.31. The molecule has 41 heavy (non-hydrogen) atoms. The molecule has 0 aliphatic heterocycles. The summed E-state index contributed by atoms with van der Waals surface area (Å²) in [7, 11) is 0. The van der Waals surface area contributed by atoms with E-state index in [1.165, 1.54) is 30.1 Å². The van der Waals surface area contributed by atoms with Crippen LogP contribution in [0, 0.1) is 26.0 Å². The van der Waals surface area contributed by atoms with Crippen molar-refractivity contribution in [2.75, 3.05) is 0 Å². The summed E-state index contributed by atoms with van der Waals surface area (Å²) in [6.45, 7) is 8.08. The van der Waals surface area contributed by atoms with Gasteiger partial charge in [0.1, 0.15) is 0 Å². The minimum atomic E-state index is -1.77. The van der Waals surface area contributed by atoms with E-state index in [0.29, 0.717) is 0 Å². The van der Waals surface area contributed by atoms with Gasteiger partial charge in [-0.2, -0.15) is 11.3 Å². The summed E-state index contributed by atoms with van der Waals surface area (Å²) in [6, 6.07) is 31.6. The smallest absolute Gasteiger partial charge is 0.0346 e. The molecule has 0 aliphatic carbocycles. The minimum Gasteiger partial charge on any atom is -0.305 e. The quantitative estimate of drug-likeness (QED) is 0.131. The molecule has 0 atom stereocenters. The molecule has 3 aromatic heterocycles. The molecule has 6 aromatic rings. The van der Waals surface area contributed by atoms with Gasteiger partial charge in [0.05, 0.1) is 0 Å². The van der Waals surface area contributed by atoms with Gasteiger partial charge in [-0.05, 0) is 33.8 Å². The Kier molecular flexibility index (Phi) is 9.56. The van der Waals surface area contributed by atoms with Gasteiger partial charge in [0.25, 0.3) is 0 Å². The Balaban J connectivity index is 0.000000200. The van der Waals surface area contributed by atoms with E-state index >= 15 is 0 Å². The monoisotopic (exact) mass is 796 g/mol. The van der Waals surface area contributed by atoms with Gasteiger partial charge in [-0.3, -0.25) is 0 Å². The van der Waals surface area contributed by atoms with Gasteiger partial charge >= 0.3 is 106 Å². The van der Waals surface area contributed by atoms with E-state index in [4.69, 9.17) is 1.37 Å². The molecule has 0 bridgehead atoms. The molecule has 5 heteroatoms. The van der Waals surface area contributed by atoms with Crippen LogP contribution in [0.4, 0.5) is 0 Å². The van der Waals surface area contributed by atoms with Crippen molar-refractivity contribution in [3.05, 3.63) is 114 Å². The van der Waals surface area contributed by atoms with Crippen molar-refractivity contribution in [3.63, 3.8) is 0 Å². The molecular weight excluding hydrogens is 757 g/mol. The summed E-state index contributed by atoms with van der Waals surface area (Å²) < 4.78 is 12.3. The molecule has 0 amide bonds. The third-order valence-corrected chi connectivity index (χ3v) is 12.7. The summed E-state index contributed by atoms with van der Waals surface area (Å²) in [5, 5.41) is 2.55. The number of benzene rings is 3. The normalized spacial score (nSPS) is 11.9. The van der Waals surface area contributed by atoms with Gasteiger partial charge in [-0.25, -0.2) is 0 Å². The fraction of sp³-hybridized carbons (Fsp3) is 0.222. The molecular formula is C36H36GeIrN2S-2. The van der Waals surface area contributed by atoms with Crippen LogP contribution in [0.5, 0.6) is 0 Å². The van der Waals surface area contributed by atoms with Gasteiger partial charge in [0.15, 0.2) is 0 Å². The maximum atomic E-state index is 8.29. The van der Waals surface area contributed by atoms with Crippen LogP contribution in [0.2, 0.25) is 17.3 Å². The van der Waals surface area contributed by atoms with Crippen LogP contribution in [0.15, 0.2) is 85.2 Å². The number of aryl methyl sites for hydroxylation is 2. The van der Waals surface area contributed by atoms with Gasteiger partial charge < -0.3 is 4.98 Å². The van der Waals surface area contributed by atoms with Crippen molar-refractivity contribution in [3.8, 4) is 22.5 Å². The Hall–Kier alpha value is -2.63. The summed E-state index contributed by atoms with van der Waals surface area (Å²) in [4.78, 5) is 9.17.